The van der Waals surface area contributed by atoms with Crippen LogP contribution in [0.1, 0.15) is 32.1 Å². The summed E-state index contributed by atoms with van der Waals surface area (Å²) in [4.78, 5) is 23.3. The molecule has 0 radical (unpaired) electrons. The fourth-order valence-corrected chi connectivity index (χ4v) is 1.92. The maximum atomic E-state index is 11.8. The summed E-state index contributed by atoms with van der Waals surface area (Å²) in [5, 5.41) is 13.0. The van der Waals surface area contributed by atoms with E-state index in [1.165, 1.54) is 25.0 Å². The van der Waals surface area contributed by atoms with Crippen molar-refractivity contribution in [3.05, 3.63) is 52.8 Å². The van der Waals surface area contributed by atoms with Gasteiger partial charge in [0.1, 0.15) is 5.69 Å². The molecule has 1 aromatic carbocycles. The zero-order valence-corrected chi connectivity index (χ0v) is 12.1. The van der Waals surface area contributed by atoms with Gasteiger partial charge in [0.05, 0.1) is 32.4 Å². The molecule has 0 spiro atoms. The maximum Gasteiger partial charge on any atom is 0.358 e. The molecule has 0 amide bonds. The highest BCUT2D eigenvalue weighted by molar-refractivity contribution is 5.93. The average molecular weight is 299 g/mol. The molecule has 0 bridgehead atoms. The van der Waals surface area contributed by atoms with Gasteiger partial charge in [-0.25, -0.2) is 9.59 Å². The number of esters is 2. The van der Waals surface area contributed by atoms with Gasteiger partial charge in [0, 0.05) is 6.07 Å². The predicted octanol–water partition coefficient (Wildman–Crippen LogP) is 1.38. The molecule has 0 aliphatic heterocycles. The molecule has 112 valence electrons. The van der Waals surface area contributed by atoms with Crippen molar-refractivity contribution in [2.24, 2.45) is 0 Å². The lowest BCUT2D eigenvalue weighted by atomic mass is 10.1. The summed E-state index contributed by atoms with van der Waals surface area (Å²) in [5.74, 6) is -1.26. The van der Waals surface area contributed by atoms with Gasteiger partial charge >= 0.3 is 11.9 Å². The number of nitrogens with zero attached hydrogens (tertiary/aromatic N) is 3. The third kappa shape index (κ3) is 3.12. The number of methoxy groups -OCH3 is 2. The summed E-state index contributed by atoms with van der Waals surface area (Å²) >= 11 is 0. The second kappa shape index (κ2) is 6.54. The maximum absolute atomic E-state index is 11.8. The molecule has 0 fully saturated rings. The molecular weight excluding hydrogens is 286 g/mol. The van der Waals surface area contributed by atoms with Gasteiger partial charge in [0.2, 0.25) is 0 Å². The van der Waals surface area contributed by atoms with Crippen molar-refractivity contribution in [2.75, 3.05) is 14.2 Å². The predicted molar refractivity (Wildman–Crippen MR) is 75.2 cm³/mol. The van der Waals surface area contributed by atoms with Gasteiger partial charge < -0.3 is 9.47 Å². The summed E-state index contributed by atoms with van der Waals surface area (Å²) < 4.78 is 10.6. The molecule has 7 heteroatoms. The van der Waals surface area contributed by atoms with Crippen molar-refractivity contribution in [3.8, 4) is 6.07 Å². The highest BCUT2D eigenvalue weighted by Gasteiger charge is 2.20. The van der Waals surface area contributed by atoms with Crippen LogP contribution in [0.3, 0.4) is 0 Å². The van der Waals surface area contributed by atoms with Crippen LogP contribution in [0.2, 0.25) is 0 Å². The zero-order chi connectivity index (χ0) is 16.1. The fourth-order valence-electron chi connectivity index (χ4n) is 1.92. The van der Waals surface area contributed by atoms with Crippen molar-refractivity contribution in [1.82, 2.24) is 9.78 Å². The number of carbonyl (C=O) groups is 2. The van der Waals surface area contributed by atoms with Crippen LogP contribution in [0.25, 0.3) is 0 Å². The van der Waals surface area contributed by atoms with E-state index in [-0.39, 0.29) is 17.9 Å². The Bertz CT molecular complexity index is 758. The molecule has 22 heavy (non-hydrogen) atoms. The molecule has 2 rings (SSSR count). The van der Waals surface area contributed by atoms with Gasteiger partial charge in [-0.1, -0.05) is 12.1 Å². The lowest BCUT2D eigenvalue weighted by Gasteiger charge is -2.06. The first-order valence-corrected chi connectivity index (χ1v) is 6.32. The zero-order valence-electron chi connectivity index (χ0n) is 12.1. The minimum atomic E-state index is -0.644. The van der Waals surface area contributed by atoms with E-state index in [2.05, 4.69) is 14.6 Å². The van der Waals surface area contributed by atoms with Crippen molar-refractivity contribution >= 4 is 11.9 Å². The third-order valence-electron chi connectivity index (χ3n) is 2.96. The van der Waals surface area contributed by atoms with Crippen LogP contribution in [0.15, 0.2) is 30.3 Å². The van der Waals surface area contributed by atoms with E-state index < -0.39 is 11.9 Å². The van der Waals surface area contributed by atoms with Crippen molar-refractivity contribution in [1.29, 1.82) is 5.26 Å². The third-order valence-corrected chi connectivity index (χ3v) is 2.96. The molecule has 0 N–H and O–H groups in total. The van der Waals surface area contributed by atoms with E-state index in [4.69, 9.17) is 5.26 Å². The molecule has 1 aromatic heterocycles. The van der Waals surface area contributed by atoms with Gasteiger partial charge in [-0.05, 0) is 17.7 Å². The number of ether oxygens (including phenoxy) is 2. The first-order chi connectivity index (χ1) is 10.6. The van der Waals surface area contributed by atoms with Crippen LogP contribution in [0, 0.1) is 11.3 Å². The Balaban J connectivity index is 2.40. The molecule has 2 aromatic rings. The Hall–Kier alpha value is -3.14. The molecule has 0 aliphatic carbocycles. The smallest absolute Gasteiger partial charge is 0.358 e. The number of benzene rings is 1. The summed E-state index contributed by atoms with van der Waals surface area (Å²) in [7, 11) is 2.48. The molecule has 0 aliphatic rings. The van der Waals surface area contributed by atoms with Crippen molar-refractivity contribution in [2.45, 2.75) is 6.54 Å². The minimum Gasteiger partial charge on any atom is -0.464 e. The first kappa shape index (κ1) is 15.3. The van der Waals surface area contributed by atoms with E-state index in [9.17, 15) is 9.59 Å². The Labute approximate surface area is 126 Å². The number of aromatic nitrogens is 2. The fraction of sp³-hybridized carbons (Fsp3) is 0.200. The number of nitriles is 1. The van der Waals surface area contributed by atoms with E-state index in [0.717, 1.165) is 5.56 Å². The normalized spacial score (nSPS) is 9.86. The van der Waals surface area contributed by atoms with E-state index in [1.54, 1.807) is 24.3 Å². The molecule has 0 atom stereocenters. The Kier molecular flexibility index (Phi) is 4.53. The number of hydrogen-bond acceptors (Lipinski definition) is 6. The lowest BCUT2D eigenvalue weighted by molar-refractivity contribution is 0.0581. The second-order valence-electron chi connectivity index (χ2n) is 4.37. The molecule has 0 saturated carbocycles. The standard InChI is InChI=1S/C15H13N3O4/c1-21-14(19)12-7-13(15(20)22-2)18(17-12)9-11-5-3-4-10(6-11)8-16/h3-7H,9H2,1-2H3. The Morgan fingerprint density at radius 2 is 1.95 bits per heavy atom. The van der Waals surface area contributed by atoms with Gasteiger partial charge in [-0.3, -0.25) is 4.68 Å². The highest BCUT2D eigenvalue weighted by Crippen LogP contribution is 2.12. The van der Waals surface area contributed by atoms with Crippen molar-refractivity contribution < 1.29 is 19.1 Å². The summed E-state index contributed by atoms with van der Waals surface area (Å²) in [6.45, 7) is 0.219. The monoisotopic (exact) mass is 299 g/mol. The van der Waals surface area contributed by atoms with E-state index in [0.29, 0.717) is 5.56 Å². The quantitative estimate of drug-likeness (QED) is 0.791. The van der Waals surface area contributed by atoms with Gasteiger partial charge in [-0.2, -0.15) is 10.4 Å². The summed E-state index contributed by atoms with van der Waals surface area (Å²) in [6.07, 6.45) is 0. The van der Waals surface area contributed by atoms with Gasteiger partial charge in [0.15, 0.2) is 5.69 Å². The van der Waals surface area contributed by atoms with Crippen LogP contribution in [-0.4, -0.2) is 35.9 Å². The molecule has 7 nitrogen and oxygen atoms in total. The van der Waals surface area contributed by atoms with Crippen LogP contribution in [-0.2, 0) is 16.0 Å². The van der Waals surface area contributed by atoms with Gasteiger partial charge in [-0.15, -0.1) is 0 Å². The van der Waals surface area contributed by atoms with Crippen LogP contribution in [0.5, 0.6) is 0 Å². The largest absolute Gasteiger partial charge is 0.464 e. The number of rotatable bonds is 4. The summed E-state index contributed by atoms with van der Waals surface area (Å²) in [6, 6.07) is 10.2. The molecule has 0 unspecified atom stereocenters. The van der Waals surface area contributed by atoms with E-state index >= 15 is 0 Å². The SMILES string of the molecule is COC(=O)c1cc(C(=O)OC)n(Cc2cccc(C#N)c2)n1. The van der Waals surface area contributed by atoms with Gasteiger partial charge in [0.25, 0.3) is 0 Å². The van der Waals surface area contributed by atoms with Crippen LogP contribution in [0.4, 0.5) is 0 Å². The first-order valence-electron chi connectivity index (χ1n) is 6.32. The summed E-state index contributed by atoms with van der Waals surface area (Å²) in [5.41, 5.74) is 1.41. The number of carbonyl (C=O) groups excluding carboxylic acids is 2. The van der Waals surface area contributed by atoms with Crippen molar-refractivity contribution in [3.63, 3.8) is 0 Å². The molecule has 0 saturated heterocycles. The second-order valence-corrected chi connectivity index (χ2v) is 4.37. The Morgan fingerprint density at radius 3 is 2.59 bits per heavy atom. The minimum absolute atomic E-state index is 0.0133. The van der Waals surface area contributed by atoms with Crippen LogP contribution < -0.4 is 0 Å². The highest BCUT2D eigenvalue weighted by atomic mass is 16.5. The molecule has 1 heterocycles. The Morgan fingerprint density at radius 1 is 1.23 bits per heavy atom. The number of hydrogen-bond donors (Lipinski definition) is 0. The van der Waals surface area contributed by atoms with E-state index in [1.807, 2.05) is 6.07 Å². The van der Waals surface area contributed by atoms with Crippen LogP contribution >= 0.6 is 0 Å². The lowest BCUT2D eigenvalue weighted by Crippen LogP contribution is -2.13. The molecular formula is C15H13N3O4. The topological polar surface area (TPSA) is 94.2 Å². The average Bonchev–Trinajstić information content (AvgIpc) is 2.97.